The minimum absolute atomic E-state index is 0.119. The third-order valence-corrected chi connectivity index (χ3v) is 3.49. The minimum atomic E-state index is -1.40. The Hall–Kier alpha value is -1.62. The van der Waals surface area contributed by atoms with Gasteiger partial charge in [-0.15, -0.1) is 0 Å². The summed E-state index contributed by atoms with van der Waals surface area (Å²) in [5.74, 6) is -0.791. The fraction of sp³-hybridized carbons (Fsp3) is 0.0833. The van der Waals surface area contributed by atoms with Crippen LogP contribution in [0.5, 0.6) is 0 Å². The second-order valence-corrected chi connectivity index (χ2v) is 4.91. The standard InChI is InChI=1S/C12H9F2NOS/c13-10-2-1-3-12(5-10)17(16)8-9-4-11(14)7-15-6-9/h1-7H,8H2. The van der Waals surface area contributed by atoms with Gasteiger partial charge < -0.3 is 0 Å². The quantitative estimate of drug-likeness (QED) is 0.841. The van der Waals surface area contributed by atoms with Gasteiger partial charge in [-0.25, -0.2) is 8.78 Å². The number of hydrogen-bond donors (Lipinski definition) is 0. The van der Waals surface area contributed by atoms with Crippen molar-refractivity contribution in [2.75, 3.05) is 0 Å². The van der Waals surface area contributed by atoms with E-state index in [9.17, 15) is 13.0 Å². The predicted molar refractivity (Wildman–Crippen MR) is 60.7 cm³/mol. The molecule has 0 aliphatic rings. The lowest BCUT2D eigenvalue weighted by Gasteiger charge is -2.02. The van der Waals surface area contributed by atoms with Gasteiger partial charge in [-0.05, 0) is 29.8 Å². The van der Waals surface area contributed by atoms with Crippen molar-refractivity contribution < 1.29 is 13.0 Å². The van der Waals surface area contributed by atoms with Gasteiger partial charge in [0.25, 0.3) is 0 Å². The first kappa shape index (κ1) is 11.9. The molecule has 1 aromatic heterocycles. The van der Waals surface area contributed by atoms with E-state index >= 15 is 0 Å². The van der Waals surface area contributed by atoms with E-state index in [0.29, 0.717) is 10.5 Å². The van der Waals surface area contributed by atoms with Gasteiger partial charge in [0.2, 0.25) is 0 Å². The van der Waals surface area contributed by atoms with E-state index in [0.717, 1.165) is 6.20 Å². The molecule has 0 aliphatic carbocycles. The zero-order chi connectivity index (χ0) is 12.3. The Morgan fingerprint density at radius 1 is 1.12 bits per heavy atom. The van der Waals surface area contributed by atoms with E-state index in [1.165, 1.54) is 30.5 Å². The normalized spacial score (nSPS) is 12.4. The van der Waals surface area contributed by atoms with Crippen LogP contribution in [0, 0.1) is 11.6 Å². The molecule has 2 aromatic rings. The number of benzene rings is 1. The first-order valence-corrected chi connectivity index (χ1v) is 6.20. The summed E-state index contributed by atoms with van der Waals surface area (Å²) >= 11 is 0. The molecule has 0 radical (unpaired) electrons. The molecule has 1 unspecified atom stereocenters. The summed E-state index contributed by atoms with van der Waals surface area (Å²) in [6.07, 6.45) is 2.52. The fourth-order valence-corrected chi connectivity index (χ4v) is 2.48. The number of rotatable bonds is 3. The first-order chi connectivity index (χ1) is 8.15. The molecule has 0 bridgehead atoms. The second kappa shape index (κ2) is 5.14. The van der Waals surface area contributed by atoms with Crippen molar-refractivity contribution in [1.29, 1.82) is 0 Å². The van der Waals surface area contributed by atoms with Crippen LogP contribution in [0.15, 0.2) is 47.6 Å². The van der Waals surface area contributed by atoms with Crippen molar-refractivity contribution in [2.45, 2.75) is 10.6 Å². The Bertz CT molecular complexity index is 560. The van der Waals surface area contributed by atoms with Gasteiger partial charge in [-0.3, -0.25) is 9.19 Å². The smallest absolute Gasteiger partial charge is 0.141 e. The number of nitrogens with zero attached hydrogens (tertiary/aromatic N) is 1. The molecule has 2 rings (SSSR count). The Labute approximate surface area is 99.8 Å². The molecule has 0 spiro atoms. The molecule has 1 aromatic carbocycles. The van der Waals surface area contributed by atoms with E-state index in [2.05, 4.69) is 4.98 Å². The van der Waals surface area contributed by atoms with Crippen molar-refractivity contribution in [3.63, 3.8) is 0 Å². The number of pyridine rings is 1. The SMILES string of the molecule is O=S(Cc1cncc(F)c1)c1cccc(F)c1. The van der Waals surface area contributed by atoms with Gasteiger partial charge in [-0.2, -0.15) is 0 Å². The molecule has 1 atom stereocenters. The van der Waals surface area contributed by atoms with Gasteiger partial charge in [0, 0.05) is 11.1 Å². The summed E-state index contributed by atoms with van der Waals surface area (Å²) in [7, 11) is -1.40. The molecule has 0 aliphatic heterocycles. The molecule has 0 fully saturated rings. The van der Waals surface area contributed by atoms with Crippen LogP contribution in [0.3, 0.4) is 0 Å². The molecule has 0 saturated heterocycles. The van der Waals surface area contributed by atoms with Crippen LogP contribution in [-0.4, -0.2) is 9.19 Å². The van der Waals surface area contributed by atoms with Gasteiger partial charge >= 0.3 is 0 Å². The summed E-state index contributed by atoms with van der Waals surface area (Å²) < 4.78 is 37.7. The Morgan fingerprint density at radius 3 is 2.65 bits per heavy atom. The van der Waals surface area contributed by atoms with Crippen molar-refractivity contribution in [2.24, 2.45) is 0 Å². The van der Waals surface area contributed by atoms with Gasteiger partial charge in [0.15, 0.2) is 0 Å². The lowest BCUT2D eigenvalue weighted by Crippen LogP contribution is -1.98. The molecule has 88 valence electrons. The van der Waals surface area contributed by atoms with E-state index < -0.39 is 22.4 Å². The van der Waals surface area contributed by atoms with Gasteiger partial charge in [0.05, 0.1) is 22.7 Å². The summed E-state index contributed by atoms with van der Waals surface area (Å²) in [4.78, 5) is 4.05. The molecular formula is C12H9F2NOS. The van der Waals surface area contributed by atoms with Crippen LogP contribution in [0.25, 0.3) is 0 Å². The summed E-state index contributed by atoms with van der Waals surface area (Å²) in [5, 5.41) is 0. The maximum atomic E-state index is 12.9. The second-order valence-electron chi connectivity index (χ2n) is 3.46. The molecule has 1 heterocycles. The fourth-order valence-electron chi connectivity index (χ4n) is 1.38. The van der Waals surface area contributed by atoms with E-state index in [1.54, 1.807) is 6.07 Å². The zero-order valence-electron chi connectivity index (χ0n) is 8.77. The van der Waals surface area contributed by atoms with Crippen LogP contribution in [0.2, 0.25) is 0 Å². The highest BCUT2D eigenvalue weighted by Crippen LogP contribution is 2.13. The van der Waals surface area contributed by atoms with Crippen molar-refractivity contribution in [1.82, 2.24) is 4.98 Å². The van der Waals surface area contributed by atoms with Gasteiger partial charge in [0.1, 0.15) is 11.6 Å². The van der Waals surface area contributed by atoms with Crippen LogP contribution >= 0.6 is 0 Å². The van der Waals surface area contributed by atoms with Crippen LogP contribution < -0.4 is 0 Å². The van der Waals surface area contributed by atoms with Crippen molar-refractivity contribution in [3.8, 4) is 0 Å². The monoisotopic (exact) mass is 253 g/mol. The lowest BCUT2D eigenvalue weighted by molar-refractivity contribution is 0.619. The van der Waals surface area contributed by atoms with Crippen LogP contribution in [-0.2, 0) is 16.6 Å². The van der Waals surface area contributed by atoms with Crippen molar-refractivity contribution >= 4 is 10.8 Å². The first-order valence-electron chi connectivity index (χ1n) is 4.88. The van der Waals surface area contributed by atoms with E-state index in [-0.39, 0.29) is 5.75 Å². The number of hydrogen-bond acceptors (Lipinski definition) is 2. The predicted octanol–water partition coefficient (Wildman–Crippen LogP) is 2.67. The third-order valence-electron chi connectivity index (χ3n) is 2.12. The highest BCUT2D eigenvalue weighted by Gasteiger charge is 2.07. The summed E-state index contributed by atoms with van der Waals surface area (Å²) in [5.41, 5.74) is 0.521. The lowest BCUT2D eigenvalue weighted by atomic mass is 10.3. The molecule has 0 amide bonds. The Balaban J connectivity index is 2.17. The molecular weight excluding hydrogens is 244 g/mol. The van der Waals surface area contributed by atoms with E-state index in [1.807, 2.05) is 0 Å². The Morgan fingerprint density at radius 2 is 1.94 bits per heavy atom. The molecule has 0 saturated carbocycles. The van der Waals surface area contributed by atoms with Crippen molar-refractivity contribution in [3.05, 3.63) is 59.9 Å². The average Bonchev–Trinajstić information content (AvgIpc) is 2.29. The summed E-state index contributed by atoms with van der Waals surface area (Å²) in [6.45, 7) is 0. The van der Waals surface area contributed by atoms with Crippen LogP contribution in [0.1, 0.15) is 5.56 Å². The minimum Gasteiger partial charge on any atom is -0.261 e. The van der Waals surface area contributed by atoms with Crippen LogP contribution in [0.4, 0.5) is 8.78 Å². The van der Waals surface area contributed by atoms with E-state index in [4.69, 9.17) is 0 Å². The average molecular weight is 253 g/mol. The molecule has 0 N–H and O–H groups in total. The topological polar surface area (TPSA) is 30.0 Å². The highest BCUT2D eigenvalue weighted by molar-refractivity contribution is 7.84. The largest absolute Gasteiger partial charge is 0.261 e. The Kier molecular flexibility index (Phi) is 3.58. The number of aromatic nitrogens is 1. The third kappa shape index (κ3) is 3.17. The molecule has 17 heavy (non-hydrogen) atoms. The zero-order valence-corrected chi connectivity index (χ0v) is 9.58. The number of halogens is 2. The molecule has 2 nitrogen and oxygen atoms in total. The molecule has 5 heteroatoms. The van der Waals surface area contributed by atoms with Gasteiger partial charge in [-0.1, -0.05) is 6.07 Å². The summed E-state index contributed by atoms with van der Waals surface area (Å²) in [6, 6.07) is 6.83. The maximum Gasteiger partial charge on any atom is 0.141 e. The maximum absolute atomic E-state index is 12.9. The highest BCUT2D eigenvalue weighted by atomic mass is 32.2.